The lowest BCUT2D eigenvalue weighted by molar-refractivity contribution is 0.104. The van der Waals surface area contributed by atoms with Crippen LogP contribution in [0.1, 0.15) is 28.4 Å². The Balaban J connectivity index is 2.14. The first-order chi connectivity index (χ1) is 9.70. The van der Waals surface area contributed by atoms with Crippen LogP contribution in [0.4, 0.5) is 0 Å². The molecule has 0 amide bonds. The minimum absolute atomic E-state index is 0.0911. The zero-order chi connectivity index (χ0) is 14.1. The minimum Gasteiger partial charge on any atom is -0.347 e. The molecule has 3 aromatic rings. The molecule has 0 saturated carbocycles. The molecule has 0 bridgehead atoms. The van der Waals surface area contributed by atoms with Gasteiger partial charge in [-0.25, -0.2) is 0 Å². The second kappa shape index (κ2) is 4.97. The average Bonchev–Trinajstić information content (AvgIpc) is 2.86. The SMILES string of the molecule is CCn1cc(C(=O)c2ccc(C)cc2)c2ccccc21. The monoisotopic (exact) mass is 263 g/mol. The van der Waals surface area contributed by atoms with Crippen molar-refractivity contribution in [3.8, 4) is 0 Å². The molecule has 0 N–H and O–H groups in total. The Morgan fingerprint density at radius 1 is 1.05 bits per heavy atom. The van der Waals surface area contributed by atoms with Crippen LogP contribution in [0.25, 0.3) is 10.9 Å². The van der Waals surface area contributed by atoms with E-state index in [2.05, 4.69) is 17.6 Å². The number of aryl methyl sites for hydroxylation is 2. The van der Waals surface area contributed by atoms with Crippen LogP contribution in [0.3, 0.4) is 0 Å². The summed E-state index contributed by atoms with van der Waals surface area (Å²) in [5.41, 5.74) is 3.81. The van der Waals surface area contributed by atoms with Gasteiger partial charge in [0.15, 0.2) is 5.78 Å². The van der Waals surface area contributed by atoms with E-state index in [1.807, 2.05) is 55.6 Å². The summed E-state index contributed by atoms with van der Waals surface area (Å²) in [5, 5.41) is 1.03. The highest BCUT2D eigenvalue weighted by Gasteiger charge is 2.15. The Hall–Kier alpha value is -2.35. The Morgan fingerprint density at radius 3 is 2.45 bits per heavy atom. The Labute approximate surface area is 118 Å². The number of aromatic nitrogens is 1. The molecule has 0 aliphatic heterocycles. The molecular weight excluding hydrogens is 246 g/mol. The number of carbonyl (C=O) groups is 1. The molecule has 0 radical (unpaired) electrons. The third-order valence-corrected chi connectivity index (χ3v) is 3.69. The number of carbonyl (C=O) groups excluding carboxylic acids is 1. The Kier molecular flexibility index (Phi) is 3.15. The third kappa shape index (κ3) is 2.03. The van der Waals surface area contributed by atoms with Gasteiger partial charge in [0.05, 0.1) is 0 Å². The molecule has 0 saturated heterocycles. The van der Waals surface area contributed by atoms with E-state index < -0.39 is 0 Å². The lowest BCUT2D eigenvalue weighted by atomic mass is 10.0. The van der Waals surface area contributed by atoms with Crippen molar-refractivity contribution in [1.82, 2.24) is 4.57 Å². The smallest absolute Gasteiger partial charge is 0.195 e. The van der Waals surface area contributed by atoms with Gasteiger partial charge < -0.3 is 4.57 Å². The summed E-state index contributed by atoms with van der Waals surface area (Å²) in [6.07, 6.45) is 1.97. The molecule has 0 fully saturated rings. The van der Waals surface area contributed by atoms with Crippen molar-refractivity contribution in [1.29, 1.82) is 0 Å². The molecule has 0 spiro atoms. The lowest BCUT2D eigenvalue weighted by Gasteiger charge is -2.00. The van der Waals surface area contributed by atoms with Gasteiger partial charge in [0.25, 0.3) is 0 Å². The Bertz CT molecular complexity index is 766. The van der Waals surface area contributed by atoms with Gasteiger partial charge in [-0.2, -0.15) is 0 Å². The highest BCUT2D eigenvalue weighted by molar-refractivity contribution is 6.16. The molecular formula is C18H17NO. The molecule has 2 aromatic carbocycles. The number of ketones is 1. The number of benzene rings is 2. The van der Waals surface area contributed by atoms with Crippen molar-refractivity contribution >= 4 is 16.7 Å². The second-order valence-electron chi connectivity index (χ2n) is 5.04. The van der Waals surface area contributed by atoms with Crippen LogP contribution in [0.5, 0.6) is 0 Å². The van der Waals surface area contributed by atoms with Gasteiger partial charge in [-0.1, -0.05) is 48.0 Å². The van der Waals surface area contributed by atoms with Crippen molar-refractivity contribution in [3.05, 3.63) is 71.4 Å². The molecule has 100 valence electrons. The first-order valence-electron chi connectivity index (χ1n) is 6.90. The first kappa shape index (κ1) is 12.7. The van der Waals surface area contributed by atoms with E-state index >= 15 is 0 Å². The number of fused-ring (bicyclic) bond motifs is 1. The van der Waals surface area contributed by atoms with E-state index in [-0.39, 0.29) is 5.78 Å². The topological polar surface area (TPSA) is 22.0 Å². The number of hydrogen-bond acceptors (Lipinski definition) is 1. The molecule has 1 heterocycles. The van der Waals surface area contributed by atoms with Crippen LogP contribution in [0.2, 0.25) is 0 Å². The van der Waals surface area contributed by atoms with Crippen molar-refractivity contribution in [2.24, 2.45) is 0 Å². The fraction of sp³-hybridized carbons (Fsp3) is 0.167. The summed E-state index contributed by atoms with van der Waals surface area (Å²) in [5.74, 6) is 0.0911. The maximum absolute atomic E-state index is 12.7. The van der Waals surface area contributed by atoms with Crippen LogP contribution < -0.4 is 0 Å². The summed E-state index contributed by atoms with van der Waals surface area (Å²) in [6.45, 7) is 4.98. The molecule has 0 unspecified atom stereocenters. The highest BCUT2D eigenvalue weighted by Crippen LogP contribution is 2.24. The minimum atomic E-state index is 0.0911. The fourth-order valence-corrected chi connectivity index (χ4v) is 2.55. The number of hydrogen-bond donors (Lipinski definition) is 0. The summed E-state index contributed by atoms with van der Waals surface area (Å²) in [7, 11) is 0. The third-order valence-electron chi connectivity index (χ3n) is 3.69. The molecule has 2 nitrogen and oxygen atoms in total. The van der Waals surface area contributed by atoms with Gasteiger partial charge in [0.2, 0.25) is 0 Å². The number of nitrogens with zero attached hydrogens (tertiary/aromatic N) is 1. The number of para-hydroxylation sites is 1. The molecule has 0 aliphatic carbocycles. The summed E-state index contributed by atoms with van der Waals surface area (Å²) in [6, 6.07) is 15.8. The predicted molar refractivity (Wildman–Crippen MR) is 82.2 cm³/mol. The Morgan fingerprint density at radius 2 is 1.75 bits per heavy atom. The second-order valence-corrected chi connectivity index (χ2v) is 5.04. The van der Waals surface area contributed by atoms with Crippen molar-refractivity contribution in [2.45, 2.75) is 20.4 Å². The molecule has 20 heavy (non-hydrogen) atoms. The molecule has 2 heteroatoms. The molecule has 1 aromatic heterocycles. The van der Waals surface area contributed by atoms with Gasteiger partial charge in [-0.15, -0.1) is 0 Å². The zero-order valence-electron chi connectivity index (χ0n) is 11.8. The van der Waals surface area contributed by atoms with E-state index in [1.54, 1.807) is 0 Å². The van der Waals surface area contributed by atoms with Gasteiger partial charge >= 0.3 is 0 Å². The lowest BCUT2D eigenvalue weighted by Crippen LogP contribution is -2.00. The zero-order valence-corrected chi connectivity index (χ0v) is 11.8. The maximum atomic E-state index is 12.7. The van der Waals surface area contributed by atoms with E-state index in [0.717, 1.165) is 34.1 Å². The van der Waals surface area contributed by atoms with E-state index in [4.69, 9.17) is 0 Å². The van der Waals surface area contributed by atoms with E-state index in [0.29, 0.717) is 0 Å². The van der Waals surface area contributed by atoms with Crippen LogP contribution >= 0.6 is 0 Å². The van der Waals surface area contributed by atoms with Crippen molar-refractivity contribution in [3.63, 3.8) is 0 Å². The fourth-order valence-electron chi connectivity index (χ4n) is 2.55. The molecule has 3 rings (SSSR count). The van der Waals surface area contributed by atoms with Crippen molar-refractivity contribution in [2.75, 3.05) is 0 Å². The van der Waals surface area contributed by atoms with Crippen LogP contribution in [0.15, 0.2) is 54.7 Å². The predicted octanol–water partition coefficient (Wildman–Crippen LogP) is 4.20. The van der Waals surface area contributed by atoms with E-state index in [1.165, 1.54) is 0 Å². The van der Waals surface area contributed by atoms with Crippen LogP contribution in [-0.4, -0.2) is 10.4 Å². The van der Waals surface area contributed by atoms with Crippen molar-refractivity contribution < 1.29 is 4.79 Å². The van der Waals surface area contributed by atoms with Crippen LogP contribution in [-0.2, 0) is 6.54 Å². The largest absolute Gasteiger partial charge is 0.347 e. The van der Waals surface area contributed by atoms with E-state index in [9.17, 15) is 4.79 Å². The van der Waals surface area contributed by atoms with Crippen LogP contribution in [0, 0.1) is 6.92 Å². The highest BCUT2D eigenvalue weighted by atomic mass is 16.1. The first-order valence-corrected chi connectivity index (χ1v) is 6.90. The summed E-state index contributed by atoms with van der Waals surface area (Å²) in [4.78, 5) is 12.7. The molecule has 0 atom stereocenters. The van der Waals surface area contributed by atoms with Gasteiger partial charge in [-0.3, -0.25) is 4.79 Å². The molecule has 0 aliphatic rings. The van der Waals surface area contributed by atoms with Gasteiger partial charge in [-0.05, 0) is 19.9 Å². The van der Waals surface area contributed by atoms with Gasteiger partial charge in [0, 0.05) is 34.8 Å². The summed E-state index contributed by atoms with van der Waals surface area (Å²) >= 11 is 0. The average molecular weight is 263 g/mol. The standard InChI is InChI=1S/C18H17NO/c1-3-19-12-16(15-6-4-5-7-17(15)19)18(20)14-10-8-13(2)9-11-14/h4-12H,3H2,1-2H3. The quantitative estimate of drug-likeness (QED) is 0.649. The normalized spacial score (nSPS) is 10.9. The number of rotatable bonds is 3. The van der Waals surface area contributed by atoms with Gasteiger partial charge in [0.1, 0.15) is 0 Å². The maximum Gasteiger partial charge on any atom is 0.195 e. The summed E-state index contributed by atoms with van der Waals surface area (Å²) < 4.78 is 2.12.